The number of nitrogens with zero attached hydrogens (tertiary/aromatic N) is 5. The van der Waals surface area contributed by atoms with E-state index in [0.717, 1.165) is 64.7 Å². The fourth-order valence-electron chi connectivity index (χ4n) is 4.97. The molecule has 9 nitrogen and oxygen atoms in total. The van der Waals surface area contributed by atoms with Crippen LogP contribution >= 0.6 is 0 Å². The van der Waals surface area contributed by atoms with Crippen molar-refractivity contribution in [3.63, 3.8) is 0 Å². The van der Waals surface area contributed by atoms with Crippen molar-refractivity contribution in [2.24, 2.45) is 0 Å². The summed E-state index contributed by atoms with van der Waals surface area (Å²) in [7, 11) is 3.14. The number of carbonyl (C=O) groups excluding carboxylic acids is 2. The molecule has 3 fully saturated rings. The monoisotopic (exact) mass is 417 g/mol. The fraction of sp³-hybridized carbons (Fsp3) is 0.714. The summed E-state index contributed by atoms with van der Waals surface area (Å²) in [6, 6.07) is 1.66. The van der Waals surface area contributed by atoms with Crippen LogP contribution in [0.15, 0.2) is 6.07 Å². The minimum atomic E-state index is -0.246. The third kappa shape index (κ3) is 4.02. The van der Waals surface area contributed by atoms with Crippen molar-refractivity contribution in [3.05, 3.63) is 6.07 Å². The van der Waals surface area contributed by atoms with Crippen LogP contribution < -0.4 is 14.4 Å². The van der Waals surface area contributed by atoms with Gasteiger partial charge >= 0.3 is 0 Å². The molecule has 3 saturated heterocycles. The van der Waals surface area contributed by atoms with E-state index in [1.165, 1.54) is 0 Å². The lowest BCUT2D eigenvalue weighted by Gasteiger charge is -2.38. The summed E-state index contributed by atoms with van der Waals surface area (Å²) >= 11 is 0. The van der Waals surface area contributed by atoms with Crippen molar-refractivity contribution in [1.82, 2.24) is 19.8 Å². The standard InChI is InChI=1S/C21H31N5O4/c1-29-16-14-17(30-2)23-20(22-16)25-12-5-7-21(9-13-25)8-6-18(27)26(21)15-19(28)24-10-3-4-11-24/h14H,3-13,15H2,1-2H3/t21-/m1/s1. The van der Waals surface area contributed by atoms with Crippen molar-refractivity contribution in [2.75, 3.05) is 51.8 Å². The second kappa shape index (κ2) is 8.65. The molecule has 9 heteroatoms. The molecule has 3 aliphatic heterocycles. The van der Waals surface area contributed by atoms with Gasteiger partial charge in [-0.1, -0.05) is 0 Å². The predicted molar refractivity (Wildman–Crippen MR) is 111 cm³/mol. The van der Waals surface area contributed by atoms with Gasteiger partial charge in [-0.15, -0.1) is 0 Å². The first-order valence-corrected chi connectivity index (χ1v) is 10.8. The number of rotatable bonds is 5. The maximum atomic E-state index is 12.8. The van der Waals surface area contributed by atoms with E-state index in [-0.39, 0.29) is 23.9 Å². The van der Waals surface area contributed by atoms with Gasteiger partial charge in [-0.3, -0.25) is 9.59 Å². The van der Waals surface area contributed by atoms with Gasteiger partial charge in [0.15, 0.2) is 0 Å². The molecular formula is C21H31N5O4. The van der Waals surface area contributed by atoms with Crippen LogP contribution in [0.3, 0.4) is 0 Å². The number of anilines is 1. The lowest BCUT2D eigenvalue weighted by atomic mass is 9.87. The molecule has 4 rings (SSSR count). The SMILES string of the molecule is COc1cc(OC)nc(N2CCC[C@@]3(CCC(=O)N3CC(=O)N3CCCC3)CC2)n1. The van der Waals surface area contributed by atoms with Crippen molar-refractivity contribution < 1.29 is 19.1 Å². The van der Waals surface area contributed by atoms with E-state index in [2.05, 4.69) is 14.9 Å². The molecule has 1 aromatic rings. The molecule has 0 unspecified atom stereocenters. The molecule has 0 bridgehead atoms. The molecule has 0 radical (unpaired) electrons. The first-order chi connectivity index (χ1) is 14.5. The zero-order valence-electron chi connectivity index (χ0n) is 17.9. The number of carbonyl (C=O) groups is 2. The summed E-state index contributed by atoms with van der Waals surface area (Å²) in [6.45, 7) is 3.35. The van der Waals surface area contributed by atoms with E-state index in [4.69, 9.17) is 9.47 Å². The van der Waals surface area contributed by atoms with E-state index in [0.29, 0.717) is 24.1 Å². The molecule has 3 aliphatic rings. The van der Waals surface area contributed by atoms with Crippen LogP contribution in [0, 0.1) is 0 Å². The maximum absolute atomic E-state index is 12.8. The number of aromatic nitrogens is 2. The average molecular weight is 418 g/mol. The molecule has 0 aliphatic carbocycles. The van der Waals surface area contributed by atoms with Crippen molar-refractivity contribution in [2.45, 2.75) is 50.5 Å². The maximum Gasteiger partial charge on any atom is 0.242 e. The summed E-state index contributed by atoms with van der Waals surface area (Å²) in [4.78, 5) is 40.4. The minimum Gasteiger partial charge on any atom is -0.481 e. The minimum absolute atomic E-state index is 0.0871. The van der Waals surface area contributed by atoms with Gasteiger partial charge in [0.1, 0.15) is 6.54 Å². The van der Waals surface area contributed by atoms with Crippen LogP contribution in [0.2, 0.25) is 0 Å². The van der Waals surface area contributed by atoms with Crippen molar-refractivity contribution in [3.8, 4) is 11.8 Å². The number of methoxy groups -OCH3 is 2. The van der Waals surface area contributed by atoms with Crippen molar-refractivity contribution in [1.29, 1.82) is 0 Å². The highest BCUT2D eigenvalue weighted by molar-refractivity contribution is 5.87. The first kappa shape index (κ1) is 20.7. The Balaban J connectivity index is 1.49. The number of amides is 2. The Morgan fingerprint density at radius 1 is 1.00 bits per heavy atom. The second-order valence-electron chi connectivity index (χ2n) is 8.39. The smallest absolute Gasteiger partial charge is 0.242 e. The number of hydrogen-bond donors (Lipinski definition) is 0. The lowest BCUT2D eigenvalue weighted by Crippen LogP contribution is -2.51. The molecule has 0 N–H and O–H groups in total. The van der Waals surface area contributed by atoms with Gasteiger partial charge in [0.25, 0.3) is 0 Å². The van der Waals surface area contributed by atoms with Gasteiger partial charge in [0.2, 0.25) is 29.5 Å². The van der Waals surface area contributed by atoms with Crippen LogP contribution in [0.1, 0.15) is 44.9 Å². The Hall–Kier alpha value is -2.58. The molecule has 1 aromatic heterocycles. The molecule has 164 valence electrons. The number of ether oxygens (including phenoxy) is 2. The van der Waals surface area contributed by atoms with Gasteiger partial charge in [-0.2, -0.15) is 9.97 Å². The van der Waals surface area contributed by atoms with Crippen molar-refractivity contribution >= 4 is 17.8 Å². The van der Waals surface area contributed by atoms with Gasteiger partial charge in [0.05, 0.1) is 20.3 Å². The summed E-state index contributed by atoms with van der Waals surface area (Å²) in [6.07, 6.45) is 6.06. The second-order valence-corrected chi connectivity index (χ2v) is 8.39. The van der Waals surface area contributed by atoms with E-state index >= 15 is 0 Å². The molecular weight excluding hydrogens is 386 g/mol. The fourth-order valence-corrected chi connectivity index (χ4v) is 4.97. The molecule has 4 heterocycles. The van der Waals surface area contributed by atoms with Gasteiger partial charge in [0, 0.05) is 38.1 Å². The largest absolute Gasteiger partial charge is 0.481 e. The Kier molecular flexibility index (Phi) is 5.97. The average Bonchev–Trinajstić information content (AvgIpc) is 3.34. The van der Waals surface area contributed by atoms with Crippen LogP contribution in [0.25, 0.3) is 0 Å². The van der Waals surface area contributed by atoms with Gasteiger partial charge in [-0.05, 0) is 38.5 Å². The molecule has 0 saturated carbocycles. The third-order valence-corrected chi connectivity index (χ3v) is 6.72. The summed E-state index contributed by atoms with van der Waals surface area (Å²) < 4.78 is 10.6. The summed E-state index contributed by atoms with van der Waals surface area (Å²) in [5.74, 6) is 1.70. The lowest BCUT2D eigenvalue weighted by molar-refractivity contribution is -0.141. The van der Waals surface area contributed by atoms with Crippen LogP contribution in [-0.4, -0.2) is 84.1 Å². The Bertz CT molecular complexity index is 775. The number of likely N-dealkylation sites (tertiary alicyclic amines) is 2. The van der Waals surface area contributed by atoms with E-state index in [1.54, 1.807) is 20.3 Å². The van der Waals surface area contributed by atoms with E-state index in [1.807, 2.05) is 9.80 Å². The van der Waals surface area contributed by atoms with Gasteiger partial charge in [-0.25, -0.2) is 0 Å². The summed E-state index contributed by atoms with van der Waals surface area (Å²) in [5.41, 5.74) is -0.246. The highest BCUT2D eigenvalue weighted by Crippen LogP contribution is 2.39. The summed E-state index contributed by atoms with van der Waals surface area (Å²) in [5, 5.41) is 0. The molecule has 1 atom stereocenters. The molecule has 2 amide bonds. The first-order valence-electron chi connectivity index (χ1n) is 10.8. The Morgan fingerprint density at radius 3 is 2.37 bits per heavy atom. The van der Waals surface area contributed by atoms with Crippen LogP contribution in [-0.2, 0) is 9.59 Å². The zero-order valence-corrected chi connectivity index (χ0v) is 17.9. The molecule has 0 aromatic carbocycles. The normalized spacial score (nSPS) is 24.5. The number of hydrogen-bond acceptors (Lipinski definition) is 7. The van der Waals surface area contributed by atoms with E-state index < -0.39 is 0 Å². The predicted octanol–water partition coefficient (Wildman–Crippen LogP) is 1.47. The highest BCUT2D eigenvalue weighted by Gasteiger charge is 2.47. The zero-order chi connectivity index (χ0) is 21.1. The third-order valence-electron chi connectivity index (χ3n) is 6.72. The van der Waals surface area contributed by atoms with Crippen LogP contribution in [0.5, 0.6) is 11.8 Å². The van der Waals surface area contributed by atoms with Crippen LogP contribution in [0.4, 0.5) is 5.95 Å². The molecule has 1 spiro atoms. The van der Waals surface area contributed by atoms with E-state index in [9.17, 15) is 9.59 Å². The Labute approximate surface area is 177 Å². The Morgan fingerprint density at radius 2 is 1.70 bits per heavy atom. The molecule has 30 heavy (non-hydrogen) atoms. The highest BCUT2D eigenvalue weighted by atomic mass is 16.5. The van der Waals surface area contributed by atoms with Gasteiger partial charge < -0.3 is 24.2 Å². The topological polar surface area (TPSA) is 88.1 Å². The quantitative estimate of drug-likeness (QED) is 0.717.